The van der Waals surface area contributed by atoms with E-state index >= 15 is 0 Å². The molecule has 2 N–H and O–H groups in total. The first-order valence-electron chi connectivity index (χ1n) is 5.44. The van der Waals surface area contributed by atoms with E-state index in [9.17, 15) is 10.2 Å². The molecule has 0 heterocycles. The van der Waals surface area contributed by atoms with Gasteiger partial charge in [-0.15, -0.1) is 0 Å². The van der Waals surface area contributed by atoms with Crippen LogP contribution in [-0.4, -0.2) is 16.0 Å². The molecule has 0 unspecified atom stereocenters. The molecule has 0 amide bonds. The third-order valence-corrected chi connectivity index (χ3v) is 3.05. The van der Waals surface area contributed by atoms with Gasteiger partial charge in [0.2, 0.25) is 5.79 Å². The van der Waals surface area contributed by atoms with Crippen LogP contribution in [0.25, 0.3) is 0 Å². The third-order valence-electron chi connectivity index (χ3n) is 3.05. The van der Waals surface area contributed by atoms with E-state index in [0.717, 1.165) is 19.3 Å². The minimum atomic E-state index is -1.81. The summed E-state index contributed by atoms with van der Waals surface area (Å²) in [4.78, 5) is 0. The molecule has 0 aromatic carbocycles. The molecule has 0 saturated heterocycles. The van der Waals surface area contributed by atoms with E-state index in [1.165, 1.54) is 0 Å². The summed E-state index contributed by atoms with van der Waals surface area (Å²) >= 11 is 0. The second-order valence-corrected chi connectivity index (χ2v) is 3.76. The van der Waals surface area contributed by atoms with Gasteiger partial charge in [-0.25, -0.2) is 0 Å². The Balaban J connectivity index is 4.74. The van der Waals surface area contributed by atoms with Crippen molar-refractivity contribution < 1.29 is 10.2 Å². The molecule has 82 valence electrons. The van der Waals surface area contributed by atoms with Crippen molar-refractivity contribution in [3.8, 4) is 11.8 Å². The van der Waals surface area contributed by atoms with Crippen LogP contribution in [0.1, 0.15) is 53.4 Å². The molecule has 0 atom stereocenters. The van der Waals surface area contributed by atoms with Crippen molar-refractivity contribution in [1.82, 2.24) is 0 Å². The van der Waals surface area contributed by atoms with Crippen molar-refractivity contribution in [3.63, 3.8) is 0 Å². The van der Waals surface area contributed by atoms with Crippen molar-refractivity contribution in [2.45, 2.75) is 59.2 Å². The Morgan fingerprint density at radius 3 is 1.50 bits per heavy atom. The Morgan fingerprint density at radius 2 is 1.21 bits per heavy atom. The summed E-state index contributed by atoms with van der Waals surface area (Å²) in [5, 5.41) is 18.7. The molecule has 0 aliphatic heterocycles. The van der Waals surface area contributed by atoms with Crippen LogP contribution < -0.4 is 0 Å². The molecule has 0 saturated carbocycles. The largest absolute Gasteiger partial charge is 0.356 e. The van der Waals surface area contributed by atoms with Crippen molar-refractivity contribution in [2.75, 3.05) is 0 Å². The van der Waals surface area contributed by atoms with Gasteiger partial charge in [0.05, 0.1) is 0 Å². The summed E-state index contributed by atoms with van der Waals surface area (Å²) in [6.45, 7) is 7.97. The van der Waals surface area contributed by atoms with E-state index in [-0.39, 0.29) is 11.8 Å². The molecule has 0 aliphatic rings. The molecule has 0 bridgehead atoms. The fourth-order valence-electron chi connectivity index (χ4n) is 1.34. The zero-order valence-electron chi connectivity index (χ0n) is 9.72. The molecule has 0 aromatic rings. The van der Waals surface area contributed by atoms with Gasteiger partial charge in [-0.05, 0) is 25.2 Å². The van der Waals surface area contributed by atoms with Gasteiger partial charge in [-0.3, -0.25) is 0 Å². The molecule has 14 heavy (non-hydrogen) atoms. The van der Waals surface area contributed by atoms with Gasteiger partial charge >= 0.3 is 0 Å². The molecule has 2 nitrogen and oxygen atoms in total. The van der Waals surface area contributed by atoms with Crippen molar-refractivity contribution in [1.29, 1.82) is 0 Å². The topological polar surface area (TPSA) is 40.5 Å². The fraction of sp³-hybridized carbons (Fsp3) is 0.833. The average Bonchev–Trinajstić information content (AvgIpc) is 2.21. The molecule has 0 spiro atoms. The fourth-order valence-corrected chi connectivity index (χ4v) is 1.34. The van der Waals surface area contributed by atoms with Gasteiger partial charge in [0, 0.05) is 11.8 Å². The van der Waals surface area contributed by atoms with E-state index in [2.05, 4.69) is 32.6 Å². The average molecular weight is 198 g/mol. The van der Waals surface area contributed by atoms with Gasteiger partial charge in [0.25, 0.3) is 0 Å². The summed E-state index contributed by atoms with van der Waals surface area (Å²) in [6, 6.07) is 0. The Morgan fingerprint density at radius 1 is 0.786 bits per heavy atom. The standard InChI is InChI=1S/C12H22O2/c1-5-11(6-2,7-3)9-10-12(13,14)8-4/h13-14H,5-8H2,1-4H3. The minimum Gasteiger partial charge on any atom is -0.356 e. The van der Waals surface area contributed by atoms with Crippen LogP contribution in [0.2, 0.25) is 0 Å². The van der Waals surface area contributed by atoms with Gasteiger partial charge in [0.15, 0.2) is 0 Å². The number of rotatable bonds is 4. The van der Waals surface area contributed by atoms with Crippen LogP contribution in [0, 0.1) is 17.3 Å². The summed E-state index contributed by atoms with van der Waals surface area (Å²) in [6.07, 6.45) is 3.10. The van der Waals surface area contributed by atoms with Crippen molar-refractivity contribution in [3.05, 3.63) is 0 Å². The van der Waals surface area contributed by atoms with Gasteiger partial charge in [-0.1, -0.05) is 33.6 Å². The van der Waals surface area contributed by atoms with E-state index in [0.29, 0.717) is 0 Å². The van der Waals surface area contributed by atoms with Crippen LogP contribution in [0.15, 0.2) is 0 Å². The predicted octanol–water partition coefficient (Wildman–Crippen LogP) is 2.30. The SMILES string of the molecule is CCC(O)(O)C#CC(CC)(CC)CC. The summed E-state index contributed by atoms with van der Waals surface area (Å²) in [7, 11) is 0. The molecule has 0 fully saturated rings. The summed E-state index contributed by atoms with van der Waals surface area (Å²) in [5.74, 6) is 3.77. The Kier molecular flexibility index (Phi) is 5.18. The Bertz CT molecular complexity index is 208. The lowest BCUT2D eigenvalue weighted by Crippen LogP contribution is -2.25. The highest BCUT2D eigenvalue weighted by molar-refractivity contribution is 5.16. The first kappa shape index (κ1) is 13.5. The Labute approximate surface area is 87.3 Å². The number of hydrogen-bond donors (Lipinski definition) is 2. The molecule has 0 aliphatic carbocycles. The highest BCUT2D eigenvalue weighted by Crippen LogP contribution is 2.29. The van der Waals surface area contributed by atoms with Crippen LogP contribution in [-0.2, 0) is 0 Å². The Hall–Kier alpha value is -0.520. The van der Waals surface area contributed by atoms with Crippen LogP contribution in [0.4, 0.5) is 0 Å². The second kappa shape index (κ2) is 5.38. The maximum Gasteiger partial charge on any atom is 0.228 e. The second-order valence-electron chi connectivity index (χ2n) is 3.76. The lowest BCUT2D eigenvalue weighted by molar-refractivity contribution is -0.110. The predicted molar refractivity (Wildman–Crippen MR) is 58.5 cm³/mol. The zero-order chi connectivity index (χ0) is 11.2. The van der Waals surface area contributed by atoms with E-state index < -0.39 is 5.79 Å². The van der Waals surface area contributed by atoms with Gasteiger partial charge in [0.1, 0.15) is 0 Å². The minimum absolute atomic E-state index is 0.0497. The summed E-state index contributed by atoms with van der Waals surface area (Å²) in [5.41, 5.74) is -0.0497. The van der Waals surface area contributed by atoms with Crippen LogP contribution in [0.3, 0.4) is 0 Å². The van der Waals surface area contributed by atoms with E-state index in [1.807, 2.05) is 0 Å². The molecule has 2 heteroatoms. The number of hydrogen-bond acceptors (Lipinski definition) is 2. The van der Waals surface area contributed by atoms with E-state index in [1.54, 1.807) is 6.92 Å². The molecule has 0 rings (SSSR count). The van der Waals surface area contributed by atoms with Gasteiger partial charge in [-0.2, -0.15) is 0 Å². The molecular weight excluding hydrogens is 176 g/mol. The van der Waals surface area contributed by atoms with Gasteiger partial charge < -0.3 is 10.2 Å². The first-order valence-corrected chi connectivity index (χ1v) is 5.44. The molecule has 0 radical (unpaired) electrons. The monoisotopic (exact) mass is 198 g/mol. The zero-order valence-corrected chi connectivity index (χ0v) is 9.72. The normalized spacial score (nSPS) is 12.1. The van der Waals surface area contributed by atoms with Crippen LogP contribution >= 0.6 is 0 Å². The highest BCUT2D eigenvalue weighted by Gasteiger charge is 2.23. The third kappa shape index (κ3) is 3.69. The maximum atomic E-state index is 9.36. The van der Waals surface area contributed by atoms with Crippen molar-refractivity contribution in [2.24, 2.45) is 5.41 Å². The molecular formula is C12H22O2. The number of aliphatic hydroxyl groups is 2. The van der Waals surface area contributed by atoms with E-state index in [4.69, 9.17) is 0 Å². The summed E-state index contributed by atoms with van der Waals surface area (Å²) < 4.78 is 0. The highest BCUT2D eigenvalue weighted by atomic mass is 16.5. The smallest absolute Gasteiger partial charge is 0.228 e. The quantitative estimate of drug-likeness (QED) is 0.537. The van der Waals surface area contributed by atoms with Crippen molar-refractivity contribution >= 4 is 0 Å². The first-order chi connectivity index (χ1) is 6.45. The molecule has 0 aromatic heterocycles. The lowest BCUT2D eigenvalue weighted by atomic mass is 9.80. The van der Waals surface area contributed by atoms with Crippen LogP contribution in [0.5, 0.6) is 0 Å². The maximum absolute atomic E-state index is 9.36. The lowest BCUT2D eigenvalue weighted by Gasteiger charge is -2.24.